The van der Waals surface area contributed by atoms with Gasteiger partial charge in [-0.15, -0.1) is 0 Å². The zero-order valence-corrected chi connectivity index (χ0v) is 12.1. The van der Waals surface area contributed by atoms with Gasteiger partial charge in [-0.2, -0.15) is 0 Å². The Morgan fingerprint density at radius 1 is 0.810 bits per heavy atom. The van der Waals surface area contributed by atoms with Crippen molar-refractivity contribution in [2.75, 3.05) is 14.2 Å². The van der Waals surface area contributed by atoms with E-state index in [1.165, 1.54) is 14.2 Å². The third-order valence-electron chi connectivity index (χ3n) is 2.99. The molecule has 0 spiro atoms. The van der Waals surface area contributed by atoms with Gasteiger partial charge in [-0.05, 0) is 23.3 Å². The van der Waals surface area contributed by atoms with Crippen molar-refractivity contribution in [3.63, 3.8) is 0 Å². The number of allylic oxidation sites excluding steroid dienone is 2. The van der Waals surface area contributed by atoms with Crippen LogP contribution in [0.2, 0.25) is 0 Å². The van der Waals surface area contributed by atoms with Crippen LogP contribution in [0.3, 0.4) is 0 Å². The number of hydrogen-bond acceptors (Lipinski definition) is 3. The molecule has 0 saturated carbocycles. The second-order valence-corrected chi connectivity index (χ2v) is 4.40. The number of aromatic hydroxyl groups is 1. The largest absolute Gasteiger partial charge is 0.502 e. The van der Waals surface area contributed by atoms with Crippen LogP contribution in [0.1, 0.15) is 11.1 Å². The molecule has 108 valence electrons. The molecule has 0 aliphatic heterocycles. The Morgan fingerprint density at radius 3 is 1.86 bits per heavy atom. The van der Waals surface area contributed by atoms with Crippen molar-refractivity contribution in [3.8, 4) is 17.2 Å². The standard InChI is InChI=1S/C18H18O3/c1-20-16-12-15(13-17(21-2)18(16)19)11-7-6-10-14-8-4-3-5-9-14/h3-13,19H,1-2H3/b10-6+,11-7+. The van der Waals surface area contributed by atoms with E-state index in [0.717, 1.165) is 11.1 Å². The second kappa shape index (κ2) is 7.20. The molecule has 0 aliphatic rings. The number of phenols is 1. The molecule has 3 heteroatoms. The van der Waals surface area contributed by atoms with Crippen molar-refractivity contribution < 1.29 is 14.6 Å². The molecular weight excluding hydrogens is 264 g/mol. The van der Waals surface area contributed by atoms with Crippen LogP contribution in [0, 0.1) is 0 Å². The fraction of sp³-hybridized carbons (Fsp3) is 0.111. The van der Waals surface area contributed by atoms with Crippen LogP contribution < -0.4 is 9.47 Å². The van der Waals surface area contributed by atoms with Gasteiger partial charge < -0.3 is 14.6 Å². The Morgan fingerprint density at radius 2 is 1.33 bits per heavy atom. The van der Waals surface area contributed by atoms with E-state index >= 15 is 0 Å². The minimum Gasteiger partial charge on any atom is -0.502 e. The summed E-state index contributed by atoms with van der Waals surface area (Å²) in [4.78, 5) is 0. The minimum absolute atomic E-state index is 0.0111. The molecule has 2 aromatic rings. The number of benzene rings is 2. The lowest BCUT2D eigenvalue weighted by Gasteiger charge is -2.09. The maximum Gasteiger partial charge on any atom is 0.200 e. The van der Waals surface area contributed by atoms with Crippen molar-refractivity contribution in [2.45, 2.75) is 0 Å². The predicted octanol–water partition coefficient (Wildman–Crippen LogP) is 4.14. The number of methoxy groups -OCH3 is 2. The Labute approximate surface area is 124 Å². The summed E-state index contributed by atoms with van der Waals surface area (Å²) in [6.07, 6.45) is 7.83. The van der Waals surface area contributed by atoms with E-state index in [1.807, 2.05) is 54.6 Å². The monoisotopic (exact) mass is 282 g/mol. The zero-order chi connectivity index (χ0) is 15.1. The molecule has 2 rings (SSSR count). The van der Waals surface area contributed by atoms with E-state index in [0.29, 0.717) is 11.5 Å². The first kappa shape index (κ1) is 14.7. The number of rotatable bonds is 5. The van der Waals surface area contributed by atoms with Crippen molar-refractivity contribution in [2.24, 2.45) is 0 Å². The highest BCUT2D eigenvalue weighted by Gasteiger charge is 2.09. The lowest BCUT2D eigenvalue weighted by Crippen LogP contribution is -1.90. The lowest BCUT2D eigenvalue weighted by molar-refractivity contribution is 0.340. The molecule has 0 amide bonds. The summed E-state index contributed by atoms with van der Waals surface area (Å²) >= 11 is 0. The summed E-state index contributed by atoms with van der Waals surface area (Å²) in [6, 6.07) is 13.6. The Hall–Kier alpha value is -2.68. The van der Waals surface area contributed by atoms with E-state index < -0.39 is 0 Å². The first-order valence-corrected chi connectivity index (χ1v) is 6.59. The third-order valence-corrected chi connectivity index (χ3v) is 2.99. The zero-order valence-electron chi connectivity index (χ0n) is 12.1. The highest BCUT2D eigenvalue weighted by Crippen LogP contribution is 2.37. The molecule has 21 heavy (non-hydrogen) atoms. The first-order chi connectivity index (χ1) is 10.2. The molecule has 0 bridgehead atoms. The van der Waals surface area contributed by atoms with Gasteiger partial charge in [0.05, 0.1) is 14.2 Å². The van der Waals surface area contributed by atoms with Gasteiger partial charge >= 0.3 is 0 Å². The van der Waals surface area contributed by atoms with Gasteiger partial charge in [-0.1, -0.05) is 54.6 Å². The molecule has 2 aromatic carbocycles. The van der Waals surface area contributed by atoms with Gasteiger partial charge in [-0.25, -0.2) is 0 Å². The van der Waals surface area contributed by atoms with E-state index in [2.05, 4.69) is 0 Å². The molecule has 0 fully saturated rings. The van der Waals surface area contributed by atoms with Crippen LogP contribution in [0.25, 0.3) is 12.2 Å². The van der Waals surface area contributed by atoms with E-state index in [-0.39, 0.29) is 5.75 Å². The molecule has 0 heterocycles. The summed E-state index contributed by atoms with van der Waals surface area (Å²) in [7, 11) is 3.02. The second-order valence-electron chi connectivity index (χ2n) is 4.40. The quantitative estimate of drug-likeness (QED) is 0.838. The average Bonchev–Trinajstić information content (AvgIpc) is 2.53. The maximum atomic E-state index is 9.85. The molecule has 1 N–H and O–H groups in total. The van der Waals surface area contributed by atoms with Crippen molar-refractivity contribution in [3.05, 3.63) is 65.7 Å². The predicted molar refractivity (Wildman–Crippen MR) is 85.7 cm³/mol. The van der Waals surface area contributed by atoms with Gasteiger partial charge in [0.2, 0.25) is 5.75 Å². The topological polar surface area (TPSA) is 38.7 Å². The van der Waals surface area contributed by atoms with Crippen LogP contribution in [-0.4, -0.2) is 19.3 Å². The summed E-state index contributed by atoms with van der Waals surface area (Å²) < 4.78 is 10.2. The fourth-order valence-electron chi connectivity index (χ4n) is 1.91. The smallest absolute Gasteiger partial charge is 0.200 e. The van der Waals surface area contributed by atoms with E-state index in [9.17, 15) is 5.11 Å². The number of ether oxygens (including phenoxy) is 2. The van der Waals surface area contributed by atoms with Crippen molar-refractivity contribution in [1.82, 2.24) is 0 Å². The molecule has 0 aliphatic carbocycles. The maximum absolute atomic E-state index is 9.85. The molecule has 0 aromatic heterocycles. The molecule has 3 nitrogen and oxygen atoms in total. The highest BCUT2D eigenvalue weighted by molar-refractivity contribution is 5.63. The van der Waals surface area contributed by atoms with Gasteiger partial charge in [-0.3, -0.25) is 0 Å². The van der Waals surface area contributed by atoms with Crippen LogP contribution in [-0.2, 0) is 0 Å². The van der Waals surface area contributed by atoms with Gasteiger partial charge in [0.25, 0.3) is 0 Å². The van der Waals surface area contributed by atoms with E-state index in [1.54, 1.807) is 12.1 Å². The highest BCUT2D eigenvalue weighted by atomic mass is 16.5. The van der Waals surface area contributed by atoms with Crippen LogP contribution >= 0.6 is 0 Å². The Kier molecular flexibility index (Phi) is 5.04. The molecule has 0 unspecified atom stereocenters. The van der Waals surface area contributed by atoms with E-state index in [4.69, 9.17) is 9.47 Å². The fourth-order valence-corrected chi connectivity index (χ4v) is 1.91. The summed E-state index contributed by atoms with van der Waals surface area (Å²) in [6.45, 7) is 0. The van der Waals surface area contributed by atoms with Crippen LogP contribution in [0.4, 0.5) is 0 Å². The van der Waals surface area contributed by atoms with Crippen LogP contribution in [0.15, 0.2) is 54.6 Å². The molecular formula is C18H18O3. The number of phenolic OH excluding ortho intramolecular Hbond substituents is 1. The lowest BCUT2D eigenvalue weighted by atomic mass is 10.1. The van der Waals surface area contributed by atoms with Crippen molar-refractivity contribution >= 4 is 12.2 Å². The normalized spacial score (nSPS) is 11.1. The van der Waals surface area contributed by atoms with Gasteiger partial charge in [0, 0.05) is 0 Å². The Balaban J connectivity index is 2.15. The molecule has 0 saturated heterocycles. The molecule has 0 radical (unpaired) electrons. The van der Waals surface area contributed by atoms with Gasteiger partial charge in [0.15, 0.2) is 11.5 Å². The summed E-state index contributed by atoms with van der Waals surface area (Å²) in [5, 5.41) is 9.85. The SMILES string of the molecule is COc1cc(/C=C/C=C/c2ccccc2)cc(OC)c1O. The summed E-state index contributed by atoms with van der Waals surface area (Å²) in [5.41, 5.74) is 2.03. The van der Waals surface area contributed by atoms with Crippen LogP contribution in [0.5, 0.6) is 17.2 Å². The minimum atomic E-state index is 0.0111. The summed E-state index contributed by atoms with van der Waals surface area (Å²) in [5.74, 6) is 0.791. The number of hydrogen-bond donors (Lipinski definition) is 1. The average molecular weight is 282 g/mol. The molecule has 0 atom stereocenters. The van der Waals surface area contributed by atoms with Crippen molar-refractivity contribution in [1.29, 1.82) is 0 Å². The first-order valence-electron chi connectivity index (χ1n) is 6.59. The third kappa shape index (κ3) is 3.89. The van der Waals surface area contributed by atoms with Gasteiger partial charge in [0.1, 0.15) is 0 Å². The Bertz CT molecular complexity index is 618.